The van der Waals surface area contributed by atoms with Gasteiger partial charge in [0, 0.05) is 12.5 Å². The SMILES string of the molecule is CCCCCCCOc1ccccc1NC(=O)O[C@@H]1CCCCC[C@@H]1CN(C)C.Cl. The van der Waals surface area contributed by atoms with Crippen molar-refractivity contribution >= 4 is 24.2 Å². The van der Waals surface area contributed by atoms with Gasteiger partial charge in [-0.1, -0.05) is 57.6 Å². The van der Waals surface area contributed by atoms with Gasteiger partial charge in [0.15, 0.2) is 0 Å². The number of benzene rings is 1. The molecule has 2 rings (SSSR count). The van der Waals surface area contributed by atoms with E-state index in [9.17, 15) is 4.79 Å². The monoisotopic (exact) mass is 440 g/mol. The number of amides is 1. The van der Waals surface area contributed by atoms with Gasteiger partial charge in [-0.05, 0) is 51.9 Å². The third-order valence-electron chi connectivity index (χ3n) is 5.58. The molecule has 1 aromatic rings. The molecule has 1 fully saturated rings. The van der Waals surface area contributed by atoms with Crippen LogP contribution in [0.5, 0.6) is 5.75 Å². The Kier molecular flexibility index (Phi) is 13.6. The molecule has 1 aromatic carbocycles. The van der Waals surface area contributed by atoms with E-state index in [1.54, 1.807) is 0 Å². The quantitative estimate of drug-likeness (QED) is 0.314. The second-order valence-corrected chi connectivity index (χ2v) is 8.49. The Hall–Kier alpha value is -1.46. The number of carbonyl (C=O) groups excluding carboxylic acids is 1. The van der Waals surface area contributed by atoms with Crippen LogP contribution in [0.1, 0.15) is 71.1 Å². The van der Waals surface area contributed by atoms with E-state index < -0.39 is 0 Å². The molecule has 2 atom stereocenters. The molecule has 0 radical (unpaired) electrons. The summed E-state index contributed by atoms with van der Waals surface area (Å²) in [6, 6.07) is 7.62. The predicted octanol–water partition coefficient (Wildman–Crippen LogP) is 6.52. The van der Waals surface area contributed by atoms with Gasteiger partial charge in [0.1, 0.15) is 11.9 Å². The highest BCUT2D eigenvalue weighted by Crippen LogP contribution is 2.28. The third kappa shape index (κ3) is 10.0. The molecule has 1 saturated carbocycles. The number of nitrogens with one attached hydrogen (secondary N) is 1. The van der Waals surface area contributed by atoms with Crippen LogP contribution < -0.4 is 10.1 Å². The summed E-state index contributed by atoms with van der Waals surface area (Å²) in [7, 11) is 4.16. The van der Waals surface area contributed by atoms with Gasteiger partial charge in [-0.15, -0.1) is 12.4 Å². The second kappa shape index (κ2) is 15.4. The van der Waals surface area contributed by atoms with E-state index in [0.717, 1.165) is 32.2 Å². The fourth-order valence-corrected chi connectivity index (χ4v) is 4.04. The van der Waals surface area contributed by atoms with Gasteiger partial charge in [0.2, 0.25) is 0 Å². The molecule has 0 aromatic heterocycles. The van der Waals surface area contributed by atoms with Crippen molar-refractivity contribution in [2.45, 2.75) is 77.2 Å². The number of halogens is 1. The number of ether oxygens (including phenoxy) is 2. The van der Waals surface area contributed by atoms with Crippen molar-refractivity contribution in [2.24, 2.45) is 5.92 Å². The van der Waals surface area contributed by atoms with Crippen molar-refractivity contribution in [1.29, 1.82) is 0 Å². The smallest absolute Gasteiger partial charge is 0.412 e. The summed E-state index contributed by atoms with van der Waals surface area (Å²) in [5.41, 5.74) is 0.684. The lowest BCUT2D eigenvalue weighted by Crippen LogP contribution is -2.34. The highest BCUT2D eigenvalue weighted by molar-refractivity contribution is 5.86. The minimum atomic E-state index is -0.375. The van der Waals surface area contributed by atoms with Crippen LogP contribution in [-0.4, -0.2) is 44.3 Å². The van der Waals surface area contributed by atoms with Crippen LogP contribution in [0, 0.1) is 5.92 Å². The van der Waals surface area contributed by atoms with Crippen LogP contribution in [0.15, 0.2) is 24.3 Å². The van der Waals surface area contributed by atoms with Crippen LogP contribution in [0.25, 0.3) is 0 Å². The maximum Gasteiger partial charge on any atom is 0.412 e. The first kappa shape index (κ1) is 26.6. The van der Waals surface area contributed by atoms with Gasteiger partial charge in [-0.2, -0.15) is 0 Å². The molecular weight excluding hydrogens is 400 g/mol. The standard InChI is InChI=1S/C24H40N2O3.ClH/c1-4-5-6-7-13-18-28-23-17-12-11-15-21(23)25-24(27)29-22-16-10-8-9-14-20(22)19-26(2)3;/h11-12,15,17,20,22H,4-10,13-14,16,18-19H2,1-3H3,(H,25,27);1H/t20-,22-;/m1./s1. The van der Waals surface area contributed by atoms with Crippen molar-refractivity contribution < 1.29 is 14.3 Å². The van der Waals surface area contributed by atoms with E-state index >= 15 is 0 Å². The Bertz CT molecular complexity index is 598. The lowest BCUT2D eigenvalue weighted by molar-refractivity contribution is 0.0569. The largest absolute Gasteiger partial charge is 0.491 e. The van der Waals surface area contributed by atoms with Gasteiger partial charge < -0.3 is 14.4 Å². The summed E-state index contributed by atoms with van der Waals surface area (Å²) in [6.07, 6.45) is 11.2. The first-order chi connectivity index (χ1) is 14.1. The van der Waals surface area contributed by atoms with Gasteiger partial charge in [-0.3, -0.25) is 5.32 Å². The summed E-state index contributed by atoms with van der Waals surface area (Å²) in [6.45, 7) is 3.84. The number of hydrogen-bond donors (Lipinski definition) is 1. The Balaban J connectivity index is 0.00000450. The number of rotatable bonds is 11. The van der Waals surface area contributed by atoms with Crippen molar-refractivity contribution in [3.63, 3.8) is 0 Å². The molecule has 0 unspecified atom stereocenters. The fourth-order valence-electron chi connectivity index (χ4n) is 4.04. The molecule has 0 aliphatic heterocycles. The van der Waals surface area contributed by atoms with Crippen LogP contribution >= 0.6 is 12.4 Å². The zero-order valence-corrected chi connectivity index (χ0v) is 19.8. The molecule has 0 spiro atoms. The second-order valence-electron chi connectivity index (χ2n) is 8.49. The molecule has 1 aliphatic carbocycles. The minimum Gasteiger partial charge on any atom is -0.491 e. The molecular formula is C24H41ClN2O3. The highest BCUT2D eigenvalue weighted by atomic mass is 35.5. The Labute approximate surface area is 189 Å². The predicted molar refractivity (Wildman–Crippen MR) is 127 cm³/mol. The molecule has 172 valence electrons. The van der Waals surface area contributed by atoms with Crippen LogP contribution in [-0.2, 0) is 4.74 Å². The molecule has 0 bridgehead atoms. The normalized spacial score (nSPS) is 18.9. The number of nitrogens with zero attached hydrogens (tertiary/aromatic N) is 1. The maximum atomic E-state index is 12.6. The summed E-state index contributed by atoms with van der Waals surface area (Å²) < 4.78 is 11.8. The van der Waals surface area contributed by atoms with Crippen molar-refractivity contribution in [2.75, 3.05) is 32.6 Å². The highest BCUT2D eigenvalue weighted by Gasteiger charge is 2.27. The Morgan fingerprint density at radius 1 is 1.07 bits per heavy atom. The molecule has 30 heavy (non-hydrogen) atoms. The van der Waals surface area contributed by atoms with Crippen molar-refractivity contribution in [3.8, 4) is 5.75 Å². The zero-order chi connectivity index (χ0) is 20.9. The molecule has 1 aliphatic rings. The zero-order valence-electron chi connectivity index (χ0n) is 19.0. The number of carbonyl (C=O) groups is 1. The van der Waals surface area contributed by atoms with E-state index in [-0.39, 0.29) is 24.6 Å². The third-order valence-corrected chi connectivity index (χ3v) is 5.58. The summed E-state index contributed by atoms with van der Waals surface area (Å²) in [5, 5.41) is 2.91. The van der Waals surface area contributed by atoms with Gasteiger partial charge in [0.25, 0.3) is 0 Å². The number of unbranched alkanes of at least 4 members (excludes halogenated alkanes) is 4. The van der Waals surface area contributed by atoms with E-state index in [4.69, 9.17) is 9.47 Å². The molecule has 0 heterocycles. The number of hydrogen-bond acceptors (Lipinski definition) is 4. The van der Waals surface area contributed by atoms with E-state index in [0.29, 0.717) is 24.0 Å². The lowest BCUT2D eigenvalue weighted by Gasteiger charge is -2.27. The van der Waals surface area contributed by atoms with Crippen LogP contribution in [0.3, 0.4) is 0 Å². The summed E-state index contributed by atoms with van der Waals surface area (Å²) in [5.74, 6) is 1.11. The number of anilines is 1. The summed E-state index contributed by atoms with van der Waals surface area (Å²) in [4.78, 5) is 14.8. The number of para-hydroxylation sites is 2. The first-order valence-electron chi connectivity index (χ1n) is 11.4. The average Bonchev–Trinajstić information content (AvgIpc) is 2.90. The minimum absolute atomic E-state index is 0. The van der Waals surface area contributed by atoms with Gasteiger partial charge >= 0.3 is 6.09 Å². The van der Waals surface area contributed by atoms with Crippen molar-refractivity contribution in [3.05, 3.63) is 24.3 Å². The van der Waals surface area contributed by atoms with Crippen molar-refractivity contribution in [1.82, 2.24) is 4.90 Å². The van der Waals surface area contributed by atoms with Crippen LogP contribution in [0.4, 0.5) is 10.5 Å². The lowest BCUT2D eigenvalue weighted by atomic mass is 9.97. The van der Waals surface area contributed by atoms with E-state index in [1.165, 1.54) is 38.5 Å². The van der Waals surface area contributed by atoms with E-state index in [1.807, 2.05) is 24.3 Å². The molecule has 1 amide bonds. The average molecular weight is 441 g/mol. The van der Waals surface area contributed by atoms with Gasteiger partial charge in [-0.25, -0.2) is 4.79 Å². The molecule has 1 N–H and O–H groups in total. The Morgan fingerprint density at radius 2 is 1.80 bits per heavy atom. The first-order valence-corrected chi connectivity index (χ1v) is 11.4. The maximum absolute atomic E-state index is 12.6. The molecule has 6 heteroatoms. The van der Waals surface area contributed by atoms with E-state index in [2.05, 4.69) is 31.2 Å². The Morgan fingerprint density at radius 3 is 2.57 bits per heavy atom. The molecule has 5 nitrogen and oxygen atoms in total. The fraction of sp³-hybridized carbons (Fsp3) is 0.708. The van der Waals surface area contributed by atoms with Crippen LogP contribution in [0.2, 0.25) is 0 Å². The topological polar surface area (TPSA) is 50.8 Å². The van der Waals surface area contributed by atoms with Gasteiger partial charge in [0.05, 0.1) is 12.3 Å². The molecule has 0 saturated heterocycles. The summed E-state index contributed by atoms with van der Waals surface area (Å²) >= 11 is 0.